The van der Waals surface area contributed by atoms with Gasteiger partial charge >= 0.3 is 0 Å². The van der Waals surface area contributed by atoms with Crippen molar-refractivity contribution >= 4 is 21.8 Å². The van der Waals surface area contributed by atoms with E-state index >= 15 is 0 Å². The fourth-order valence-electron chi connectivity index (χ4n) is 2.51. The third kappa shape index (κ3) is 2.77. The molecule has 0 saturated heterocycles. The Kier molecular flexibility index (Phi) is 4.10. The molecule has 1 N–H and O–H groups in total. The summed E-state index contributed by atoms with van der Waals surface area (Å²) in [5, 5.41) is 3.09. The molecule has 0 spiro atoms. The van der Waals surface area contributed by atoms with Crippen molar-refractivity contribution in [2.24, 2.45) is 5.41 Å². The molecule has 3 heteroatoms. The minimum absolute atomic E-state index is 0.0327. The molecule has 1 aromatic carbocycles. The Morgan fingerprint density at radius 1 is 1.44 bits per heavy atom. The smallest absolute Gasteiger partial charge is 0.252 e. The molecule has 1 fully saturated rings. The van der Waals surface area contributed by atoms with Gasteiger partial charge in [0.05, 0.1) is 5.56 Å². The van der Waals surface area contributed by atoms with Crippen LogP contribution in [-0.2, 0) is 0 Å². The van der Waals surface area contributed by atoms with Crippen molar-refractivity contribution in [3.63, 3.8) is 0 Å². The first-order valence-electron chi connectivity index (χ1n) is 6.61. The maximum atomic E-state index is 12.2. The van der Waals surface area contributed by atoms with Crippen LogP contribution in [0.25, 0.3) is 0 Å². The van der Waals surface area contributed by atoms with E-state index in [9.17, 15) is 4.79 Å². The van der Waals surface area contributed by atoms with Crippen LogP contribution in [0.2, 0.25) is 0 Å². The van der Waals surface area contributed by atoms with Crippen LogP contribution < -0.4 is 5.32 Å². The second-order valence-corrected chi connectivity index (χ2v) is 6.23. The van der Waals surface area contributed by atoms with Crippen molar-refractivity contribution in [3.05, 3.63) is 33.8 Å². The van der Waals surface area contributed by atoms with Crippen molar-refractivity contribution in [1.29, 1.82) is 0 Å². The first kappa shape index (κ1) is 13.6. The zero-order valence-electron chi connectivity index (χ0n) is 11.1. The number of halogens is 1. The lowest BCUT2D eigenvalue weighted by Crippen LogP contribution is -2.41. The predicted octanol–water partition coefficient (Wildman–Crippen LogP) is 4.07. The summed E-state index contributed by atoms with van der Waals surface area (Å²) in [6, 6.07) is 5.86. The van der Waals surface area contributed by atoms with Crippen molar-refractivity contribution in [2.45, 2.75) is 39.5 Å². The Morgan fingerprint density at radius 3 is 2.72 bits per heavy atom. The normalized spacial score (nSPS) is 17.1. The average molecular weight is 310 g/mol. The van der Waals surface area contributed by atoms with Crippen LogP contribution in [0.3, 0.4) is 0 Å². The summed E-state index contributed by atoms with van der Waals surface area (Å²) in [7, 11) is 0. The summed E-state index contributed by atoms with van der Waals surface area (Å²) in [6.07, 6.45) is 4.96. The number of benzene rings is 1. The van der Waals surface area contributed by atoms with Gasteiger partial charge in [-0.05, 0) is 59.7 Å². The summed E-state index contributed by atoms with van der Waals surface area (Å²) in [5.41, 5.74) is 2.21. The first-order valence-corrected chi connectivity index (χ1v) is 7.40. The number of hydrogen-bond acceptors (Lipinski definition) is 1. The molecule has 2 rings (SSSR count). The fourth-order valence-corrected chi connectivity index (χ4v) is 2.93. The molecule has 18 heavy (non-hydrogen) atoms. The summed E-state index contributed by atoms with van der Waals surface area (Å²) in [4.78, 5) is 12.2. The van der Waals surface area contributed by atoms with E-state index in [4.69, 9.17) is 0 Å². The minimum atomic E-state index is 0.0327. The molecule has 0 heterocycles. The highest BCUT2D eigenvalue weighted by Gasteiger charge is 2.35. The molecule has 2 nitrogen and oxygen atoms in total. The van der Waals surface area contributed by atoms with Gasteiger partial charge in [-0.1, -0.05) is 25.0 Å². The molecule has 0 atom stereocenters. The molecular formula is C15H20BrNO. The van der Waals surface area contributed by atoms with E-state index in [-0.39, 0.29) is 5.91 Å². The Labute approximate surface area is 117 Å². The van der Waals surface area contributed by atoms with Gasteiger partial charge in [-0.25, -0.2) is 0 Å². The fraction of sp³-hybridized carbons (Fsp3) is 0.533. The molecule has 0 unspecified atom stereocenters. The third-order valence-corrected chi connectivity index (χ3v) is 4.85. The van der Waals surface area contributed by atoms with E-state index in [0.717, 1.165) is 28.6 Å². The zero-order chi connectivity index (χ0) is 13.2. The van der Waals surface area contributed by atoms with Gasteiger partial charge in [0.15, 0.2) is 0 Å². The van der Waals surface area contributed by atoms with Crippen molar-refractivity contribution in [3.8, 4) is 0 Å². The van der Waals surface area contributed by atoms with Crippen LogP contribution in [0, 0.1) is 12.3 Å². The molecule has 1 saturated carbocycles. The topological polar surface area (TPSA) is 29.1 Å². The zero-order valence-corrected chi connectivity index (χ0v) is 12.6. The highest BCUT2D eigenvalue weighted by Crippen LogP contribution is 2.43. The lowest BCUT2D eigenvalue weighted by molar-refractivity contribution is 0.0849. The van der Waals surface area contributed by atoms with Gasteiger partial charge in [-0.3, -0.25) is 4.79 Å². The number of nitrogens with one attached hydrogen (secondary N) is 1. The summed E-state index contributed by atoms with van der Waals surface area (Å²) < 4.78 is 0.866. The molecule has 0 aliphatic heterocycles. The lowest BCUT2D eigenvalue weighted by Gasteiger charge is -2.41. The third-order valence-electron chi connectivity index (χ3n) is 4.15. The molecule has 0 radical (unpaired) electrons. The second-order valence-electron chi connectivity index (χ2n) is 5.37. The highest BCUT2D eigenvalue weighted by molar-refractivity contribution is 9.10. The Balaban J connectivity index is 2.01. The molecule has 1 aromatic rings. The van der Waals surface area contributed by atoms with Crippen LogP contribution in [0.15, 0.2) is 22.7 Å². The van der Waals surface area contributed by atoms with Gasteiger partial charge < -0.3 is 5.32 Å². The molecule has 1 amide bonds. The van der Waals surface area contributed by atoms with E-state index in [0.29, 0.717) is 5.41 Å². The van der Waals surface area contributed by atoms with Crippen LogP contribution in [-0.4, -0.2) is 12.5 Å². The summed E-state index contributed by atoms with van der Waals surface area (Å²) >= 11 is 3.44. The van der Waals surface area contributed by atoms with E-state index in [1.54, 1.807) is 0 Å². The number of hydrogen-bond donors (Lipinski definition) is 1. The molecular weight excluding hydrogens is 290 g/mol. The van der Waals surface area contributed by atoms with Gasteiger partial charge in [0.1, 0.15) is 0 Å². The number of rotatable bonds is 4. The Hall–Kier alpha value is -0.830. The molecule has 1 aliphatic carbocycles. The number of carbonyl (C=O) groups excluding carboxylic acids is 1. The van der Waals surface area contributed by atoms with Crippen LogP contribution >= 0.6 is 15.9 Å². The molecule has 98 valence electrons. The second kappa shape index (κ2) is 5.43. The minimum Gasteiger partial charge on any atom is -0.351 e. The maximum Gasteiger partial charge on any atom is 0.252 e. The van der Waals surface area contributed by atoms with Gasteiger partial charge in [0.2, 0.25) is 0 Å². The predicted molar refractivity (Wildman–Crippen MR) is 77.8 cm³/mol. The standard InChI is InChI=1S/C15H20BrNO/c1-3-15(7-4-8-15)10-17-14(18)12-9-11(2)5-6-13(12)16/h5-6,9H,3-4,7-8,10H2,1-2H3,(H,17,18). The van der Waals surface area contributed by atoms with Crippen LogP contribution in [0.4, 0.5) is 0 Å². The monoisotopic (exact) mass is 309 g/mol. The van der Waals surface area contributed by atoms with E-state index in [1.165, 1.54) is 19.3 Å². The van der Waals surface area contributed by atoms with Crippen molar-refractivity contribution in [2.75, 3.05) is 6.54 Å². The van der Waals surface area contributed by atoms with Gasteiger partial charge in [-0.2, -0.15) is 0 Å². The Bertz CT molecular complexity index is 446. The molecule has 0 bridgehead atoms. The average Bonchev–Trinajstić information content (AvgIpc) is 2.31. The molecule has 0 aromatic heterocycles. The lowest BCUT2D eigenvalue weighted by atomic mass is 9.67. The Morgan fingerprint density at radius 2 is 2.17 bits per heavy atom. The van der Waals surface area contributed by atoms with Crippen molar-refractivity contribution < 1.29 is 4.79 Å². The highest BCUT2D eigenvalue weighted by atomic mass is 79.9. The quantitative estimate of drug-likeness (QED) is 0.892. The SMILES string of the molecule is CCC1(CNC(=O)c2cc(C)ccc2Br)CCC1. The van der Waals surface area contributed by atoms with Crippen LogP contribution in [0.1, 0.15) is 48.5 Å². The largest absolute Gasteiger partial charge is 0.351 e. The van der Waals surface area contributed by atoms with Crippen LogP contribution in [0.5, 0.6) is 0 Å². The van der Waals surface area contributed by atoms with Gasteiger partial charge in [-0.15, -0.1) is 0 Å². The maximum absolute atomic E-state index is 12.2. The number of amides is 1. The first-order chi connectivity index (χ1) is 8.56. The van der Waals surface area contributed by atoms with Crippen molar-refractivity contribution in [1.82, 2.24) is 5.32 Å². The summed E-state index contributed by atoms with van der Waals surface area (Å²) in [6.45, 7) is 5.03. The van der Waals surface area contributed by atoms with E-state index < -0.39 is 0 Å². The number of aryl methyl sites for hydroxylation is 1. The number of carbonyl (C=O) groups is 1. The van der Waals surface area contributed by atoms with Gasteiger partial charge in [0.25, 0.3) is 5.91 Å². The van der Waals surface area contributed by atoms with E-state index in [2.05, 4.69) is 28.2 Å². The molecule has 1 aliphatic rings. The van der Waals surface area contributed by atoms with Gasteiger partial charge in [0, 0.05) is 11.0 Å². The van der Waals surface area contributed by atoms with E-state index in [1.807, 2.05) is 25.1 Å². The summed E-state index contributed by atoms with van der Waals surface area (Å²) in [5.74, 6) is 0.0327.